The van der Waals surface area contributed by atoms with Crippen molar-refractivity contribution in [2.24, 2.45) is 0 Å². The Hall–Kier alpha value is -4.30. The van der Waals surface area contributed by atoms with Gasteiger partial charge in [0.15, 0.2) is 0 Å². The summed E-state index contributed by atoms with van der Waals surface area (Å²) >= 11 is 0. The quantitative estimate of drug-likeness (QED) is 0.174. The Labute approximate surface area is 221 Å². The molecule has 0 radical (unpaired) electrons. The van der Waals surface area contributed by atoms with E-state index in [4.69, 9.17) is 0 Å². The third-order valence-electron chi connectivity index (χ3n) is 5.78. The van der Waals surface area contributed by atoms with E-state index in [1.54, 1.807) is 0 Å². The van der Waals surface area contributed by atoms with Gasteiger partial charge in [-0.15, -0.1) is 0 Å². The summed E-state index contributed by atoms with van der Waals surface area (Å²) in [6.45, 7) is 0. The number of benzene rings is 3. The van der Waals surface area contributed by atoms with Gasteiger partial charge in [-0.25, -0.2) is 4.98 Å². The van der Waals surface area contributed by atoms with E-state index in [2.05, 4.69) is 4.98 Å². The second-order valence-electron chi connectivity index (χ2n) is 8.60. The lowest BCUT2D eigenvalue weighted by molar-refractivity contribution is -0.144. The molecule has 0 saturated carbocycles. The van der Waals surface area contributed by atoms with Gasteiger partial charge >= 0.3 is 24.7 Å². The number of hydrogen-bond acceptors (Lipinski definition) is 2. The molecule has 0 aliphatic rings. The highest BCUT2D eigenvalue weighted by Gasteiger charge is 2.39. The minimum atomic E-state index is -5.26. The first-order valence-electron chi connectivity index (χ1n) is 11.0. The maximum atomic E-state index is 13.5. The van der Waals surface area contributed by atoms with E-state index in [1.807, 2.05) is 0 Å². The van der Waals surface area contributed by atoms with E-state index in [0.717, 1.165) is 28.8 Å². The first-order valence-corrected chi connectivity index (χ1v) is 11.0. The molecule has 216 valence electrons. The maximum Gasteiger partial charge on any atom is 0.416 e. The number of carbonyl (C=O) groups excluding carboxylic acids is 1. The van der Waals surface area contributed by atoms with Crippen LogP contribution >= 0.6 is 0 Å². The van der Waals surface area contributed by atoms with Gasteiger partial charge in [0.05, 0.1) is 34.1 Å². The third-order valence-corrected chi connectivity index (χ3v) is 5.78. The number of carbonyl (C=O) groups is 1. The standard InChI is InChI=1S/C26H12F12N2O/c27-23(28,29)16-5-14(6-17(9-16)24(30,31)32)21-11-39-22(40(21)20-3-1-13(12-41)2-4-20)15-7-18(25(33,34)35)10-19(8-15)26(36,37)38/h1-12H. The molecule has 0 bridgehead atoms. The largest absolute Gasteiger partial charge is 0.416 e. The van der Waals surface area contributed by atoms with Crippen LogP contribution < -0.4 is 0 Å². The molecule has 0 aliphatic heterocycles. The summed E-state index contributed by atoms with van der Waals surface area (Å²) < 4.78 is 163. The average molecular weight is 596 g/mol. The van der Waals surface area contributed by atoms with Crippen molar-refractivity contribution in [3.05, 3.63) is 94.7 Å². The molecule has 15 heteroatoms. The third kappa shape index (κ3) is 6.23. The summed E-state index contributed by atoms with van der Waals surface area (Å²) in [5, 5.41) is 0. The fourth-order valence-corrected chi connectivity index (χ4v) is 3.91. The van der Waals surface area contributed by atoms with Crippen molar-refractivity contribution in [2.75, 3.05) is 0 Å². The van der Waals surface area contributed by atoms with Gasteiger partial charge in [-0.2, -0.15) is 52.7 Å². The Kier molecular flexibility index (Phi) is 7.21. The lowest BCUT2D eigenvalue weighted by Gasteiger charge is -2.18. The number of halogens is 12. The topological polar surface area (TPSA) is 34.9 Å². The normalized spacial score (nSPS) is 13.0. The second-order valence-corrected chi connectivity index (χ2v) is 8.60. The Bertz CT molecular complexity index is 1430. The number of nitrogens with zero attached hydrogens (tertiary/aromatic N) is 2. The van der Waals surface area contributed by atoms with Crippen LogP contribution in [0.3, 0.4) is 0 Å². The molecule has 1 heterocycles. The summed E-state index contributed by atoms with van der Waals surface area (Å²) in [6.07, 6.45) is -19.9. The average Bonchev–Trinajstić information content (AvgIpc) is 3.31. The molecule has 3 nitrogen and oxygen atoms in total. The summed E-state index contributed by atoms with van der Waals surface area (Å²) in [5.41, 5.74) is -9.03. The SMILES string of the molecule is O=Cc1ccc(-n2c(-c3cc(C(F)(F)F)cc(C(F)(F)F)c3)cnc2-c2cc(C(F)(F)F)cc(C(F)(F)F)c2)cc1. The minimum absolute atomic E-state index is 0.0637. The molecule has 4 aromatic rings. The van der Waals surface area contributed by atoms with Crippen LogP contribution in [0.5, 0.6) is 0 Å². The summed E-state index contributed by atoms with van der Waals surface area (Å²) in [6, 6.07) is 5.58. The number of alkyl halides is 12. The van der Waals surface area contributed by atoms with Gasteiger partial charge in [0.2, 0.25) is 0 Å². The first-order chi connectivity index (χ1) is 18.8. The molecule has 0 saturated heterocycles. The highest BCUT2D eigenvalue weighted by Crippen LogP contribution is 2.42. The number of aldehydes is 1. The molecule has 41 heavy (non-hydrogen) atoms. The number of rotatable bonds is 4. The Morgan fingerprint density at radius 3 is 1.32 bits per heavy atom. The zero-order chi connectivity index (χ0) is 30.5. The molecule has 0 atom stereocenters. The van der Waals surface area contributed by atoms with Crippen molar-refractivity contribution in [1.29, 1.82) is 0 Å². The molecular formula is C26H12F12N2O. The van der Waals surface area contributed by atoms with Crippen LogP contribution in [-0.4, -0.2) is 15.8 Å². The van der Waals surface area contributed by atoms with E-state index in [-0.39, 0.29) is 23.4 Å². The number of imidazole rings is 1. The molecule has 0 spiro atoms. The van der Waals surface area contributed by atoms with Gasteiger partial charge in [0.25, 0.3) is 0 Å². The van der Waals surface area contributed by atoms with Crippen molar-refractivity contribution < 1.29 is 57.5 Å². The molecule has 0 fully saturated rings. The molecule has 0 aliphatic carbocycles. The van der Waals surface area contributed by atoms with Gasteiger partial charge in [-0.05, 0) is 60.7 Å². The summed E-state index contributed by atoms with van der Waals surface area (Å²) in [7, 11) is 0. The first kappa shape index (κ1) is 29.7. The van der Waals surface area contributed by atoms with E-state index >= 15 is 0 Å². The van der Waals surface area contributed by atoms with Gasteiger partial charge in [0.1, 0.15) is 12.1 Å². The fourth-order valence-electron chi connectivity index (χ4n) is 3.91. The molecular weight excluding hydrogens is 584 g/mol. The lowest BCUT2D eigenvalue weighted by Crippen LogP contribution is -2.12. The van der Waals surface area contributed by atoms with Gasteiger partial charge < -0.3 is 0 Å². The maximum absolute atomic E-state index is 13.5. The van der Waals surface area contributed by atoms with Gasteiger partial charge in [0, 0.05) is 22.4 Å². The van der Waals surface area contributed by atoms with E-state index in [9.17, 15) is 57.5 Å². The fraction of sp³-hybridized carbons (Fsp3) is 0.154. The predicted octanol–water partition coefficient (Wildman–Crippen LogP) is 9.09. The molecule has 4 rings (SSSR count). The van der Waals surface area contributed by atoms with Crippen molar-refractivity contribution in [1.82, 2.24) is 9.55 Å². The van der Waals surface area contributed by atoms with Gasteiger partial charge in [-0.3, -0.25) is 9.36 Å². The Morgan fingerprint density at radius 1 is 0.561 bits per heavy atom. The molecule has 0 unspecified atom stereocenters. The second kappa shape index (κ2) is 9.96. The molecule has 1 aromatic heterocycles. The zero-order valence-electron chi connectivity index (χ0n) is 19.8. The smallest absolute Gasteiger partial charge is 0.298 e. The summed E-state index contributed by atoms with van der Waals surface area (Å²) in [4.78, 5) is 14.9. The van der Waals surface area contributed by atoms with Crippen LogP contribution in [0, 0.1) is 0 Å². The van der Waals surface area contributed by atoms with Crippen LogP contribution in [0.2, 0.25) is 0 Å². The van der Waals surface area contributed by atoms with Crippen molar-refractivity contribution in [3.8, 4) is 28.3 Å². The van der Waals surface area contributed by atoms with Crippen LogP contribution in [0.15, 0.2) is 66.9 Å². The minimum Gasteiger partial charge on any atom is -0.298 e. The van der Waals surface area contributed by atoms with Gasteiger partial charge in [-0.1, -0.05) is 0 Å². The van der Waals surface area contributed by atoms with Crippen LogP contribution in [0.25, 0.3) is 28.3 Å². The van der Waals surface area contributed by atoms with Crippen molar-refractivity contribution in [2.45, 2.75) is 24.7 Å². The molecule has 0 N–H and O–H groups in total. The van der Waals surface area contributed by atoms with Crippen molar-refractivity contribution in [3.63, 3.8) is 0 Å². The van der Waals surface area contributed by atoms with E-state index < -0.39 is 69.6 Å². The van der Waals surface area contributed by atoms with E-state index in [1.165, 1.54) is 0 Å². The van der Waals surface area contributed by atoms with Crippen LogP contribution in [0.1, 0.15) is 32.6 Å². The predicted molar refractivity (Wildman–Crippen MR) is 120 cm³/mol. The van der Waals surface area contributed by atoms with Crippen LogP contribution in [-0.2, 0) is 24.7 Å². The monoisotopic (exact) mass is 596 g/mol. The number of aromatic nitrogens is 2. The van der Waals surface area contributed by atoms with E-state index in [0.29, 0.717) is 36.7 Å². The number of hydrogen-bond donors (Lipinski definition) is 0. The highest BCUT2D eigenvalue weighted by molar-refractivity contribution is 5.76. The zero-order valence-corrected chi connectivity index (χ0v) is 19.8. The van der Waals surface area contributed by atoms with Crippen LogP contribution in [0.4, 0.5) is 52.7 Å². The Balaban J connectivity index is 2.08. The summed E-state index contributed by atoms with van der Waals surface area (Å²) in [5.74, 6) is -0.665. The Morgan fingerprint density at radius 2 is 0.951 bits per heavy atom. The lowest BCUT2D eigenvalue weighted by atomic mass is 10.0. The highest BCUT2D eigenvalue weighted by atomic mass is 19.4. The molecule has 0 amide bonds. The van der Waals surface area contributed by atoms with Crippen molar-refractivity contribution >= 4 is 6.29 Å². The molecule has 3 aromatic carbocycles.